The number of rotatable bonds is 16. The molecule has 0 unspecified atom stereocenters. The third-order valence-corrected chi connectivity index (χ3v) is 5.67. The van der Waals surface area contributed by atoms with Gasteiger partial charge in [-0.3, -0.25) is 4.79 Å². The number of nitrogens with zero attached hydrogens (tertiary/aromatic N) is 2. The first-order chi connectivity index (χ1) is 17.7. The number of unbranched alkanes of at least 4 members (excludes halogenated alkanes) is 11. The van der Waals surface area contributed by atoms with E-state index < -0.39 is 7.25 Å². The van der Waals surface area contributed by atoms with Crippen LogP contribution >= 0.6 is 0 Å². The predicted octanol–water partition coefficient (Wildman–Crippen LogP) is 7.88. The molecule has 4 nitrogen and oxygen atoms in total. The van der Waals surface area contributed by atoms with Crippen LogP contribution in [0.1, 0.15) is 99.9 Å². The van der Waals surface area contributed by atoms with Crippen LogP contribution in [0.15, 0.2) is 53.9 Å². The van der Waals surface area contributed by atoms with Crippen LogP contribution in [0.25, 0.3) is 0 Å². The van der Waals surface area contributed by atoms with E-state index in [1.54, 1.807) is 12.1 Å². The Bertz CT molecular complexity index is 884. The van der Waals surface area contributed by atoms with E-state index in [2.05, 4.69) is 22.0 Å². The van der Waals surface area contributed by atoms with Gasteiger partial charge in [-0.2, -0.15) is 5.10 Å². The lowest BCUT2D eigenvalue weighted by atomic mass is 10.1. The van der Waals surface area contributed by atoms with Gasteiger partial charge in [0.2, 0.25) is 0 Å². The average molecular weight is 527 g/mol. The summed E-state index contributed by atoms with van der Waals surface area (Å²) in [4.78, 5) is 12.2. The van der Waals surface area contributed by atoms with Gasteiger partial charge in [-0.25, -0.2) is 14.4 Å². The number of pyridine rings is 1. The molecule has 0 saturated carbocycles. The van der Waals surface area contributed by atoms with E-state index in [0.717, 1.165) is 18.5 Å². The van der Waals surface area contributed by atoms with Crippen LogP contribution in [0.2, 0.25) is 0 Å². The molecule has 1 aromatic carbocycles. The second-order valence-electron chi connectivity index (χ2n) is 8.96. The summed E-state index contributed by atoms with van der Waals surface area (Å²) in [5.41, 5.74) is 3.79. The second kappa shape index (κ2) is 19.4. The molecule has 0 atom stereocenters. The standard InChI is InChI=1S/C27H38FN3O.BF4/c1-2-3-4-5-6-7-8-9-10-11-12-13-20-31-21-18-25(19-22-31)27(32)30-29-23-24-14-16-26(28)17-15-24;2-1(3,4)5/h14-19,21-23H,2-13,20H2,1H3;/q;-1/p+1. The third-order valence-electron chi connectivity index (χ3n) is 5.67. The summed E-state index contributed by atoms with van der Waals surface area (Å²) in [5.74, 6) is -0.562. The van der Waals surface area contributed by atoms with E-state index in [4.69, 9.17) is 0 Å². The van der Waals surface area contributed by atoms with Gasteiger partial charge in [0.15, 0.2) is 12.4 Å². The molecule has 1 N–H and O–H groups in total. The quantitative estimate of drug-likeness (QED) is 0.0592. The average Bonchev–Trinajstić information content (AvgIpc) is 2.85. The second-order valence-corrected chi connectivity index (χ2v) is 8.96. The Morgan fingerprint density at radius 2 is 1.27 bits per heavy atom. The predicted molar refractivity (Wildman–Crippen MR) is 139 cm³/mol. The molecule has 2 aromatic rings. The molecule has 0 aliphatic heterocycles. The Morgan fingerprint density at radius 1 is 0.811 bits per heavy atom. The topological polar surface area (TPSA) is 45.3 Å². The van der Waals surface area contributed by atoms with Gasteiger partial charge in [0.1, 0.15) is 12.4 Å². The van der Waals surface area contributed by atoms with E-state index in [1.807, 2.05) is 24.5 Å². The monoisotopic (exact) mass is 527 g/mol. The van der Waals surface area contributed by atoms with Crippen molar-refractivity contribution in [2.45, 2.75) is 90.5 Å². The van der Waals surface area contributed by atoms with Gasteiger partial charge in [-0.1, -0.05) is 83.3 Å². The van der Waals surface area contributed by atoms with E-state index in [0.29, 0.717) is 5.56 Å². The highest BCUT2D eigenvalue weighted by Gasteiger charge is 2.20. The number of benzene rings is 1. The number of hydrogen-bond donors (Lipinski definition) is 1. The summed E-state index contributed by atoms with van der Waals surface area (Å²) in [6.07, 6.45) is 21.5. The number of amides is 1. The van der Waals surface area contributed by atoms with Crippen molar-refractivity contribution in [3.63, 3.8) is 0 Å². The Morgan fingerprint density at radius 3 is 1.76 bits per heavy atom. The normalized spacial score (nSPS) is 11.3. The van der Waals surface area contributed by atoms with Crippen molar-refractivity contribution in [3.8, 4) is 0 Å². The fourth-order valence-electron chi connectivity index (χ4n) is 3.67. The summed E-state index contributed by atoms with van der Waals surface area (Å²) in [5, 5.41) is 3.93. The van der Waals surface area contributed by atoms with Gasteiger partial charge in [-0.15, -0.1) is 0 Å². The molecule has 1 aromatic heterocycles. The number of nitrogens with one attached hydrogen (secondary N) is 1. The zero-order valence-electron chi connectivity index (χ0n) is 21.7. The lowest BCUT2D eigenvalue weighted by Crippen LogP contribution is -2.33. The first kappa shape index (κ1) is 32.3. The molecule has 0 aliphatic carbocycles. The molecular formula is C27H39BF5N3O. The fourth-order valence-corrected chi connectivity index (χ4v) is 3.67. The highest BCUT2D eigenvalue weighted by Crippen LogP contribution is 2.12. The zero-order valence-corrected chi connectivity index (χ0v) is 21.7. The summed E-state index contributed by atoms with van der Waals surface area (Å²) < 4.78 is 54.0. The minimum Gasteiger partial charge on any atom is -0.418 e. The molecular weight excluding hydrogens is 488 g/mol. The number of carbonyl (C=O) groups is 1. The maximum Gasteiger partial charge on any atom is 0.673 e. The van der Waals surface area contributed by atoms with E-state index in [-0.39, 0.29) is 11.7 Å². The number of hydrazone groups is 1. The first-order valence-electron chi connectivity index (χ1n) is 13.1. The maximum atomic E-state index is 12.9. The smallest absolute Gasteiger partial charge is 0.418 e. The number of hydrogen-bond acceptors (Lipinski definition) is 2. The van der Waals surface area contributed by atoms with Crippen molar-refractivity contribution in [2.75, 3.05) is 0 Å². The Hall–Kier alpha value is -2.78. The first-order valence-corrected chi connectivity index (χ1v) is 13.1. The van der Waals surface area contributed by atoms with Gasteiger partial charge >= 0.3 is 7.25 Å². The summed E-state index contributed by atoms with van der Waals surface area (Å²) in [6.45, 7) is 3.24. The lowest BCUT2D eigenvalue weighted by Gasteiger charge is -2.02. The third kappa shape index (κ3) is 19.1. The van der Waals surface area contributed by atoms with Crippen molar-refractivity contribution >= 4 is 19.4 Å². The number of aromatic nitrogens is 1. The van der Waals surface area contributed by atoms with Gasteiger partial charge in [-0.05, 0) is 24.1 Å². The zero-order chi connectivity index (χ0) is 27.4. The molecule has 37 heavy (non-hydrogen) atoms. The van der Waals surface area contributed by atoms with Crippen molar-refractivity contribution in [1.82, 2.24) is 5.43 Å². The number of aryl methyl sites for hydroxylation is 1. The van der Waals surface area contributed by atoms with Crippen molar-refractivity contribution in [3.05, 3.63) is 65.7 Å². The lowest BCUT2D eigenvalue weighted by molar-refractivity contribution is -0.697. The van der Waals surface area contributed by atoms with E-state index in [9.17, 15) is 26.4 Å². The van der Waals surface area contributed by atoms with Crippen LogP contribution in [0, 0.1) is 5.82 Å². The van der Waals surface area contributed by atoms with E-state index in [1.165, 1.54) is 89.0 Å². The number of carbonyl (C=O) groups excluding carboxylic acids is 1. The van der Waals surface area contributed by atoms with Gasteiger partial charge in [0.25, 0.3) is 5.91 Å². The molecule has 0 bridgehead atoms. The molecule has 206 valence electrons. The molecule has 0 aliphatic rings. The van der Waals surface area contributed by atoms with Crippen LogP contribution in [0.5, 0.6) is 0 Å². The van der Waals surface area contributed by atoms with Crippen molar-refractivity contribution in [1.29, 1.82) is 0 Å². The Labute approximate surface area is 217 Å². The van der Waals surface area contributed by atoms with Crippen LogP contribution in [0.4, 0.5) is 21.7 Å². The minimum absolute atomic E-state index is 0.263. The summed E-state index contributed by atoms with van der Waals surface area (Å²) in [6, 6.07) is 9.54. The number of halogens is 5. The Kier molecular flexibility index (Phi) is 16.9. The Balaban J connectivity index is 0.00000124. The van der Waals surface area contributed by atoms with Gasteiger partial charge in [0, 0.05) is 18.6 Å². The highest BCUT2D eigenvalue weighted by atomic mass is 19.5. The van der Waals surface area contributed by atoms with Crippen LogP contribution in [0.3, 0.4) is 0 Å². The molecule has 10 heteroatoms. The molecule has 0 radical (unpaired) electrons. The maximum absolute atomic E-state index is 12.9. The molecule has 0 fully saturated rings. The van der Waals surface area contributed by atoms with E-state index >= 15 is 0 Å². The molecule has 1 heterocycles. The molecule has 0 spiro atoms. The van der Waals surface area contributed by atoms with Crippen LogP contribution in [-0.4, -0.2) is 19.4 Å². The highest BCUT2D eigenvalue weighted by molar-refractivity contribution is 6.50. The van der Waals surface area contributed by atoms with Gasteiger partial charge < -0.3 is 17.3 Å². The summed E-state index contributed by atoms with van der Waals surface area (Å²) >= 11 is 0. The minimum atomic E-state index is -6.00. The van der Waals surface area contributed by atoms with Crippen molar-refractivity contribution < 1.29 is 31.0 Å². The van der Waals surface area contributed by atoms with Crippen LogP contribution < -0.4 is 9.99 Å². The SMILES string of the molecule is CCCCCCCCCCCCCC[n+]1ccc(C(=O)NN=Cc2ccc(F)cc2)cc1.F[B-](F)(F)F. The van der Waals surface area contributed by atoms with Crippen LogP contribution in [-0.2, 0) is 6.54 Å². The molecule has 0 saturated heterocycles. The largest absolute Gasteiger partial charge is 0.673 e. The van der Waals surface area contributed by atoms with Crippen molar-refractivity contribution in [2.24, 2.45) is 5.10 Å². The fraction of sp³-hybridized carbons (Fsp3) is 0.519. The van der Waals surface area contributed by atoms with Gasteiger partial charge in [0.05, 0.1) is 11.8 Å². The molecule has 2 rings (SSSR count). The molecule has 1 amide bonds. The summed E-state index contributed by atoms with van der Waals surface area (Å²) in [7, 11) is -6.00.